The van der Waals surface area contributed by atoms with Crippen LogP contribution in [-0.4, -0.2) is 66.5 Å². The zero-order valence-electron chi connectivity index (χ0n) is 26.9. The van der Waals surface area contributed by atoms with Crippen molar-refractivity contribution in [2.45, 2.75) is 39.5 Å². The molecule has 0 atom stereocenters. The maximum atomic E-state index is 15.4. The van der Waals surface area contributed by atoms with Crippen molar-refractivity contribution >= 4 is 33.9 Å². The second kappa shape index (κ2) is 12.3. The number of anilines is 2. The molecule has 0 aliphatic carbocycles. The smallest absolute Gasteiger partial charge is 0.282 e. The van der Waals surface area contributed by atoms with Crippen LogP contribution in [0.25, 0.3) is 22.2 Å². The second-order valence-corrected chi connectivity index (χ2v) is 12.8. The number of fused-ring (bicyclic) bond motifs is 2. The van der Waals surface area contributed by atoms with Crippen LogP contribution < -0.4 is 15.8 Å². The van der Waals surface area contributed by atoms with E-state index < -0.39 is 18.0 Å². The van der Waals surface area contributed by atoms with Crippen molar-refractivity contribution in [3.8, 4) is 5.69 Å². The van der Waals surface area contributed by atoms with Gasteiger partial charge in [-0.3, -0.25) is 9.59 Å². The number of carbonyl (C=O) groups is 1. The fourth-order valence-electron chi connectivity index (χ4n) is 6.03. The van der Waals surface area contributed by atoms with Gasteiger partial charge in [0.2, 0.25) is 0 Å². The summed E-state index contributed by atoms with van der Waals surface area (Å²) in [5, 5.41) is 18.7. The van der Waals surface area contributed by atoms with E-state index in [-0.39, 0.29) is 16.7 Å². The average Bonchev–Trinajstić information content (AvgIpc) is 3.57. The normalized spacial score (nSPS) is 15.0. The van der Waals surface area contributed by atoms with Crippen LogP contribution in [0, 0.1) is 5.82 Å². The first-order valence-corrected chi connectivity index (χ1v) is 15.7. The van der Waals surface area contributed by atoms with Crippen LogP contribution in [-0.2, 0) is 23.4 Å². The Balaban J connectivity index is 1.22. The Bertz CT molecular complexity index is 2110. The highest BCUT2D eigenvalue weighted by Crippen LogP contribution is 2.32. The third kappa shape index (κ3) is 5.71. The maximum absolute atomic E-state index is 15.4. The predicted octanol–water partition coefficient (Wildman–Crippen LogP) is 4.27. The lowest BCUT2D eigenvalue weighted by Crippen LogP contribution is -2.40. The van der Waals surface area contributed by atoms with E-state index in [1.54, 1.807) is 47.6 Å². The standard InChI is InChI=1S/C35H35FN8O4/c1-35(2,3)24-15-23-18-39-44(34(47)31(23)26(36)16-24)29-6-4-5-28(25(29)20-45)43-19-27(32-37-9-10-42(32)21-43)40-30-8-7-22(17-38-30)33(46)41-11-13-48-14-12-41/h4-10,15-19,45H,11-14,20-21H2,1-3H3,(H,38,40). The molecule has 2 aliphatic heterocycles. The van der Waals surface area contributed by atoms with E-state index in [0.717, 1.165) is 10.2 Å². The van der Waals surface area contributed by atoms with E-state index in [2.05, 4.69) is 20.4 Å². The summed E-state index contributed by atoms with van der Waals surface area (Å²) < 4.78 is 23.8. The predicted molar refractivity (Wildman–Crippen MR) is 179 cm³/mol. The number of carbonyl (C=O) groups excluding carboxylic acids is 1. The minimum absolute atomic E-state index is 0.0649. The first-order chi connectivity index (χ1) is 23.1. The summed E-state index contributed by atoms with van der Waals surface area (Å²) in [6, 6.07) is 11.9. The van der Waals surface area contributed by atoms with Gasteiger partial charge in [0.15, 0.2) is 5.82 Å². The molecular formula is C35H35FN8O4. The van der Waals surface area contributed by atoms with E-state index in [1.807, 2.05) is 48.7 Å². The van der Waals surface area contributed by atoms with E-state index in [0.29, 0.717) is 78.2 Å². The number of morpholine rings is 1. The van der Waals surface area contributed by atoms with Gasteiger partial charge in [-0.15, -0.1) is 0 Å². The molecule has 5 aromatic rings. The Morgan fingerprint density at radius 3 is 2.58 bits per heavy atom. The molecule has 0 radical (unpaired) electrons. The molecule has 1 amide bonds. The lowest BCUT2D eigenvalue weighted by molar-refractivity contribution is 0.0302. The summed E-state index contributed by atoms with van der Waals surface area (Å²) in [5.74, 6) is 0.469. The van der Waals surface area contributed by atoms with Crippen LogP contribution in [0.1, 0.15) is 48.1 Å². The maximum Gasteiger partial charge on any atom is 0.282 e. The molecule has 7 rings (SSSR count). The average molecular weight is 651 g/mol. The topological polar surface area (TPSA) is 131 Å². The Morgan fingerprint density at radius 1 is 1.06 bits per heavy atom. The van der Waals surface area contributed by atoms with Gasteiger partial charge in [0.1, 0.15) is 18.3 Å². The highest BCUT2D eigenvalue weighted by atomic mass is 19.1. The molecule has 3 aromatic heterocycles. The summed E-state index contributed by atoms with van der Waals surface area (Å²) in [5.41, 5.74) is 2.33. The van der Waals surface area contributed by atoms with Crippen LogP contribution in [0.4, 0.5) is 15.9 Å². The number of imidazole rings is 1. The zero-order chi connectivity index (χ0) is 33.6. The number of rotatable bonds is 6. The minimum Gasteiger partial charge on any atom is -0.392 e. The fourth-order valence-corrected chi connectivity index (χ4v) is 6.03. The molecule has 0 unspecified atom stereocenters. The van der Waals surface area contributed by atoms with Crippen molar-refractivity contribution in [3.63, 3.8) is 0 Å². The number of nitrogens with zero attached hydrogens (tertiary/aromatic N) is 7. The number of halogens is 1. The molecule has 246 valence electrons. The summed E-state index contributed by atoms with van der Waals surface area (Å²) in [6.45, 7) is 8.01. The Kier molecular flexibility index (Phi) is 8.01. The highest BCUT2D eigenvalue weighted by Gasteiger charge is 2.25. The second-order valence-electron chi connectivity index (χ2n) is 12.8. The fraction of sp³-hybridized carbons (Fsp3) is 0.286. The third-order valence-corrected chi connectivity index (χ3v) is 8.65. The van der Waals surface area contributed by atoms with Gasteiger partial charge in [0.25, 0.3) is 11.5 Å². The molecule has 13 heteroatoms. The quantitative estimate of drug-likeness (QED) is 0.277. The number of amides is 1. The number of hydrogen-bond acceptors (Lipinski definition) is 9. The van der Waals surface area contributed by atoms with Crippen LogP contribution in [0.5, 0.6) is 0 Å². The zero-order valence-corrected chi connectivity index (χ0v) is 26.9. The number of aliphatic hydroxyl groups excluding tert-OH is 1. The molecule has 12 nitrogen and oxygen atoms in total. The minimum atomic E-state index is -0.618. The number of nitrogens with one attached hydrogen (secondary N) is 1. The summed E-state index contributed by atoms with van der Waals surface area (Å²) >= 11 is 0. The lowest BCUT2D eigenvalue weighted by Gasteiger charge is -2.30. The van der Waals surface area contributed by atoms with E-state index in [1.165, 1.54) is 12.3 Å². The van der Waals surface area contributed by atoms with Gasteiger partial charge in [-0.2, -0.15) is 9.78 Å². The number of benzene rings is 2. The molecule has 2 aliphatic rings. The summed E-state index contributed by atoms with van der Waals surface area (Å²) in [6.07, 6.45) is 8.40. The molecule has 1 fully saturated rings. The largest absolute Gasteiger partial charge is 0.392 e. The van der Waals surface area contributed by atoms with E-state index in [9.17, 15) is 14.7 Å². The van der Waals surface area contributed by atoms with Crippen molar-refractivity contribution in [1.82, 2.24) is 29.2 Å². The van der Waals surface area contributed by atoms with Gasteiger partial charge >= 0.3 is 0 Å². The van der Waals surface area contributed by atoms with Crippen molar-refractivity contribution in [1.29, 1.82) is 0 Å². The van der Waals surface area contributed by atoms with Crippen LogP contribution in [0.2, 0.25) is 0 Å². The van der Waals surface area contributed by atoms with Gasteiger partial charge in [-0.25, -0.2) is 14.4 Å². The van der Waals surface area contributed by atoms with Gasteiger partial charge in [-0.1, -0.05) is 26.8 Å². The first kappa shape index (κ1) is 31.2. The molecule has 0 spiro atoms. The van der Waals surface area contributed by atoms with E-state index in [4.69, 9.17) is 4.74 Å². The molecule has 2 N–H and O–H groups in total. The number of ether oxygens (including phenoxy) is 1. The number of hydrogen-bond donors (Lipinski definition) is 2. The summed E-state index contributed by atoms with van der Waals surface area (Å²) in [7, 11) is 0. The Hall–Kier alpha value is -5.40. The molecule has 5 heterocycles. The molecule has 48 heavy (non-hydrogen) atoms. The molecule has 2 aromatic carbocycles. The Labute approximate surface area is 275 Å². The molecule has 1 saturated heterocycles. The highest BCUT2D eigenvalue weighted by molar-refractivity contribution is 5.94. The van der Waals surface area contributed by atoms with Crippen molar-refractivity contribution in [3.05, 3.63) is 112 Å². The molecular weight excluding hydrogens is 615 g/mol. The number of pyridine rings is 1. The van der Waals surface area contributed by atoms with E-state index >= 15 is 4.39 Å². The van der Waals surface area contributed by atoms with Gasteiger partial charge in [-0.05, 0) is 47.4 Å². The van der Waals surface area contributed by atoms with Gasteiger partial charge in [0.05, 0.1) is 48.4 Å². The summed E-state index contributed by atoms with van der Waals surface area (Å²) in [4.78, 5) is 39.2. The van der Waals surface area contributed by atoms with Gasteiger partial charge in [0, 0.05) is 54.5 Å². The molecule has 0 bridgehead atoms. The third-order valence-electron chi connectivity index (χ3n) is 8.65. The first-order valence-electron chi connectivity index (χ1n) is 15.7. The van der Waals surface area contributed by atoms with Crippen LogP contribution in [0.15, 0.2) is 78.2 Å². The van der Waals surface area contributed by atoms with Crippen molar-refractivity contribution < 1.29 is 19.0 Å². The SMILES string of the molecule is CC(C)(C)c1cc(F)c2c(=O)n(-c3cccc(N4C=C(Nc5ccc(C(=O)N6CCOCC6)cn5)c5nccn5C4)c3CO)ncc2c1. The van der Waals surface area contributed by atoms with Gasteiger partial charge < -0.3 is 29.5 Å². The number of aromatic nitrogens is 5. The lowest BCUT2D eigenvalue weighted by atomic mass is 9.86. The van der Waals surface area contributed by atoms with Crippen LogP contribution in [0.3, 0.4) is 0 Å². The number of aliphatic hydroxyl groups is 1. The van der Waals surface area contributed by atoms with Crippen molar-refractivity contribution in [2.75, 3.05) is 36.5 Å². The Morgan fingerprint density at radius 2 is 1.85 bits per heavy atom. The monoisotopic (exact) mass is 650 g/mol. The van der Waals surface area contributed by atoms with Crippen molar-refractivity contribution in [2.24, 2.45) is 0 Å². The van der Waals surface area contributed by atoms with Crippen LogP contribution >= 0.6 is 0 Å². The molecule has 0 saturated carbocycles.